The van der Waals surface area contributed by atoms with Crippen molar-refractivity contribution < 1.29 is 18.3 Å². The highest BCUT2D eigenvalue weighted by Gasteiger charge is 2.11. The fourth-order valence-electron chi connectivity index (χ4n) is 1.39. The molecule has 2 aromatic carbocycles. The van der Waals surface area contributed by atoms with Gasteiger partial charge in [-0.25, -0.2) is 8.78 Å². The Kier molecular flexibility index (Phi) is 3.72. The van der Waals surface area contributed by atoms with E-state index in [2.05, 4.69) is 15.9 Å². The third-order valence-corrected chi connectivity index (χ3v) is 2.90. The molecule has 2 aromatic rings. The van der Waals surface area contributed by atoms with Crippen LogP contribution in [0.5, 0.6) is 11.5 Å². The average molecular weight is 313 g/mol. The first-order valence-electron chi connectivity index (χ1n) is 4.98. The summed E-state index contributed by atoms with van der Waals surface area (Å²) in [6, 6.07) is 7.85. The topological polar surface area (TPSA) is 26.3 Å². The van der Waals surface area contributed by atoms with Crippen LogP contribution in [-0.4, -0.2) is 6.29 Å². The van der Waals surface area contributed by atoms with Gasteiger partial charge in [0.05, 0.1) is 10.0 Å². The standard InChI is InChI=1S/C13H7BrF2O2/c14-10-5-4-8(15)6-13(10)18-12-3-1-2-11(16)9(12)7-17/h1-7H. The van der Waals surface area contributed by atoms with Gasteiger partial charge in [0.2, 0.25) is 0 Å². The van der Waals surface area contributed by atoms with Crippen LogP contribution in [0.4, 0.5) is 8.78 Å². The summed E-state index contributed by atoms with van der Waals surface area (Å²) in [6.07, 6.45) is 0.359. The molecule has 0 aliphatic heterocycles. The Labute approximate surface area is 110 Å². The fraction of sp³-hybridized carbons (Fsp3) is 0. The Morgan fingerprint density at radius 1 is 1.11 bits per heavy atom. The number of carbonyl (C=O) groups excluding carboxylic acids is 1. The first kappa shape index (κ1) is 12.7. The molecule has 92 valence electrons. The molecule has 0 amide bonds. The van der Waals surface area contributed by atoms with E-state index in [0.29, 0.717) is 10.8 Å². The molecule has 2 nitrogen and oxygen atoms in total. The van der Waals surface area contributed by atoms with Gasteiger partial charge in [0, 0.05) is 6.07 Å². The molecule has 2 rings (SSSR count). The van der Waals surface area contributed by atoms with Crippen LogP contribution in [0.3, 0.4) is 0 Å². The number of halogens is 3. The van der Waals surface area contributed by atoms with E-state index in [0.717, 1.165) is 12.1 Å². The predicted octanol–water partition coefficient (Wildman–Crippen LogP) is 4.33. The third kappa shape index (κ3) is 2.56. The number of ether oxygens (including phenoxy) is 1. The molecule has 5 heteroatoms. The van der Waals surface area contributed by atoms with E-state index in [1.54, 1.807) is 0 Å². The lowest BCUT2D eigenvalue weighted by atomic mass is 10.2. The van der Waals surface area contributed by atoms with Crippen LogP contribution in [0.2, 0.25) is 0 Å². The van der Waals surface area contributed by atoms with E-state index >= 15 is 0 Å². The number of rotatable bonds is 3. The maximum atomic E-state index is 13.3. The maximum absolute atomic E-state index is 13.3. The Balaban J connectivity index is 2.43. The molecule has 0 saturated carbocycles. The summed E-state index contributed by atoms with van der Waals surface area (Å²) in [7, 11) is 0. The summed E-state index contributed by atoms with van der Waals surface area (Å²) >= 11 is 3.18. The molecule has 0 fully saturated rings. The fourth-order valence-corrected chi connectivity index (χ4v) is 1.72. The van der Waals surface area contributed by atoms with Crippen LogP contribution in [0.1, 0.15) is 10.4 Å². The minimum Gasteiger partial charge on any atom is -0.455 e. The van der Waals surface area contributed by atoms with Crippen molar-refractivity contribution in [2.45, 2.75) is 0 Å². The highest BCUT2D eigenvalue weighted by molar-refractivity contribution is 9.10. The van der Waals surface area contributed by atoms with Gasteiger partial charge in [-0.3, -0.25) is 4.79 Å². The maximum Gasteiger partial charge on any atom is 0.156 e. The van der Waals surface area contributed by atoms with Crippen LogP contribution in [0.25, 0.3) is 0 Å². The van der Waals surface area contributed by atoms with Gasteiger partial charge in [-0.15, -0.1) is 0 Å². The zero-order chi connectivity index (χ0) is 13.1. The molecule has 0 aromatic heterocycles. The first-order valence-corrected chi connectivity index (χ1v) is 5.77. The molecule has 0 bridgehead atoms. The largest absolute Gasteiger partial charge is 0.455 e. The van der Waals surface area contributed by atoms with Crippen molar-refractivity contribution >= 4 is 22.2 Å². The Morgan fingerprint density at radius 2 is 1.89 bits per heavy atom. The van der Waals surface area contributed by atoms with Gasteiger partial charge in [0.1, 0.15) is 23.1 Å². The van der Waals surface area contributed by atoms with Crippen molar-refractivity contribution in [1.29, 1.82) is 0 Å². The van der Waals surface area contributed by atoms with Crippen molar-refractivity contribution in [3.63, 3.8) is 0 Å². The molecule has 0 saturated heterocycles. The van der Waals surface area contributed by atoms with E-state index in [9.17, 15) is 13.6 Å². The third-order valence-electron chi connectivity index (χ3n) is 2.24. The summed E-state index contributed by atoms with van der Waals surface area (Å²) < 4.78 is 32.2. The van der Waals surface area contributed by atoms with Crippen LogP contribution in [0.15, 0.2) is 40.9 Å². The summed E-state index contributed by atoms with van der Waals surface area (Å²) in [5, 5.41) is 0. The molecular weight excluding hydrogens is 306 g/mol. The molecule has 18 heavy (non-hydrogen) atoms. The zero-order valence-electron chi connectivity index (χ0n) is 8.99. The Hall–Kier alpha value is -1.75. The number of benzene rings is 2. The second-order valence-electron chi connectivity index (χ2n) is 3.45. The molecule has 0 spiro atoms. The lowest BCUT2D eigenvalue weighted by Gasteiger charge is -2.10. The second-order valence-corrected chi connectivity index (χ2v) is 4.30. The molecule has 0 radical (unpaired) electrons. The van der Waals surface area contributed by atoms with Crippen LogP contribution in [-0.2, 0) is 0 Å². The van der Waals surface area contributed by atoms with E-state index in [1.807, 2.05) is 0 Å². The molecule has 0 aliphatic rings. The SMILES string of the molecule is O=Cc1c(F)cccc1Oc1cc(F)ccc1Br. The van der Waals surface area contributed by atoms with Gasteiger partial charge < -0.3 is 4.74 Å². The number of aldehydes is 1. The quantitative estimate of drug-likeness (QED) is 0.788. The van der Waals surface area contributed by atoms with Gasteiger partial charge in [0.15, 0.2) is 6.29 Å². The van der Waals surface area contributed by atoms with Crippen molar-refractivity contribution in [3.05, 3.63) is 58.1 Å². The van der Waals surface area contributed by atoms with E-state index < -0.39 is 11.6 Å². The lowest BCUT2D eigenvalue weighted by molar-refractivity contribution is 0.111. The molecular formula is C13H7BrF2O2. The number of carbonyl (C=O) groups is 1. The van der Waals surface area contributed by atoms with Crippen molar-refractivity contribution in [1.82, 2.24) is 0 Å². The van der Waals surface area contributed by atoms with Crippen molar-refractivity contribution in [2.24, 2.45) is 0 Å². The molecule has 0 heterocycles. The molecule has 0 atom stereocenters. The zero-order valence-corrected chi connectivity index (χ0v) is 10.6. The Bertz CT molecular complexity index is 600. The molecule has 0 N–H and O–H groups in total. The Morgan fingerprint density at radius 3 is 2.61 bits per heavy atom. The minimum absolute atomic E-state index is 0.0382. The van der Waals surface area contributed by atoms with Crippen LogP contribution in [0, 0.1) is 11.6 Å². The summed E-state index contributed by atoms with van der Waals surface area (Å²) in [4.78, 5) is 10.8. The van der Waals surface area contributed by atoms with Gasteiger partial charge in [-0.2, -0.15) is 0 Å². The van der Waals surface area contributed by atoms with Crippen LogP contribution >= 0.6 is 15.9 Å². The predicted molar refractivity (Wildman–Crippen MR) is 66.0 cm³/mol. The molecule has 0 aliphatic carbocycles. The minimum atomic E-state index is -0.685. The average Bonchev–Trinajstić information content (AvgIpc) is 2.34. The highest BCUT2D eigenvalue weighted by Crippen LogP contribution is 2.32. The van der Waals surface area contributed by atoms with E-state index in [-0.39, 0.29) is 17.1 Å². The van der Waals surface area contributed by atoms with Crippen LogP contribution < -0.4 is 4.74 Å². The summed E-state index contributed by atoms with van der Waals surface area (Å²) in [5.74, 6) is -0.965. The van der Waals surface area contributed by atoms with Gasteiger partial charge in [-0.1, -0.05) is 6.07 Å². The van der Waals surface area contributed by atoms with Crippen molar-refractivity contribution in [2.75, 3.05) is 0 Å². The van der Waals surface area contributed by atoms with Crippen molar-refractivity contribution in [3.8, 4) is 11.5 Å². The first-order chi connectivity index (χ1) is 8.61. The van der Waals surface area contributed by atoms with Gasteiger partial charge >= 0.3 is 0 Å². The van der Waals surface area contributed by atoms with E-state index in [4.69, 9.17) is 4.74 Å². The monoisotopic (exact) mass is 312 g/mol. The summed E-state index contributed by atoms with van der Waals surface area (Å²) in [5.41, 5.74) is -0.200. The second kappa shape index (κ2) is 5.27. The molecule has 0 unspecified atom stereocenters. The normalized spacial score (nSPS) is 10.2. The van der Waals surface area contributed by atoms with Gasteiger partial charge in [-0.05, 0) is 40.2 Å². The lowest BCUT2D eigenvalue weighted by Crippen LogP contribution is -1.94. The highest BCUT2D eigenvalue weighted by atomic mass is 79.9. The van der Waals surface area contributed by atoms with Gasteiger partial charge in [0.25, 0.3) is 0 Å². The van der Waals surface area contributed by atoms with E-state index in [1.165, 1.54) is 24.3 Å². The smallest absolute Gasteiger partial charge is 0.156 e. The number of hydrogen-bond acceptors (Lipinski definition) is 2. The summed E-state index contributed by atoms with van der Waals surface area (Å²) in [6.45, 7) is 0. The number of hydrogen-bond donors (Lipinski definition) is 0.